The second kappa shape index (κ2) is 5.88. The van der Waals surface area contributed by atoms with Gasteiger partial charge in [0, 0.05) is 12.2 Å². The maximum Gasteiger partial charge on any atom is 0.709 e. The molecule has 3 rings (SSSR count). The number of carbonyl (C=O) groups excluding carboxylic acids is 1. The van der Waals surface area contributed by atoms with Gasteiger partial charge in [0.15, 0.2) is 11.6 Å². The molecule has 0 saturated heterocycles. The summed E-state index contributed by atoms with van der Waals surface area (Å²) in [6.07, 6.45) is 2.57. The predicted octanol–water partition coefficient (Wildman–Crippen LogP) is 0.750. The molecule has 24 heavy (non-hydrogen) atoms. The summed E-state index contributed by atoms with van der Waals surface area (Å²) >= 11 is 0. The van der Waals surface area contributed by atoms with Crippen LogP contribution in [0.25, 0.3) is 10.9 Å². The van der Waals surface area contributed by atoms with Gasteiger partial charge in [-0.15, -0.1) is 0 Å². The number of nitrogens with zero attached hydrogens (tertiary/aromatic N) is 1. The standard InChI is InChI=1S/C14H12BF2NO6/c1-23-13-10(17)9(16)4-7-11(13)18(6-2-3-6)5-8(12(7)19)14(20)24-15(21)22/h4-6,21-22H,2-3H2,1H3. The van der Waals surface area contributed by atoms with Gasteiger partial charge in [-0.3, -0.25) is 4.79 Å². The van der Waals surface area contributed by atoms with Gasteiger partial charge in [0.1, 0.15) is 5.56 Å². The molecule has 0 aliphatic heterocycles. The van der Waals surface area contributed by atoms with E-state index < -0.39 is 41.7 Å². The number of fused-ring (bicyclic) bond motifs is 1. The zero-order valence-corrected chi connectivity index (χ0v) is 12.5. The molecule has 7 nitrogen and oxygen atoms in total. The van der Waals surface area contributed by atoms with Gasteiger partial charge in [0.25, 0.3) is 0 Å². The predicted molar refractivity (Wildman–Crippen MR) is 78.6 cm³/mol. The molecule has 2 N–H and O–H groups in total. The lowest BCUT2D eigenvalue weighted by atomic mass is 10.1. The number of hydrogen-bond acceptors (Lipinski definition) is 6. The molecule has 126 valence electrons. The lowest BCUT2D eigenvalue weighted by Crippen LogP contribution is -2.27. The first kappa shape index (κ1) is 16.4. The van der Waals surface area contributed by atoms with E-state index in [0.717, 1.165) is 26.1 Å². The van der Waals surface area contributed by atoms with Crippen LogP contribution in [0.4, 0.5) is 8.78 Å². The van der Waals surface area contributed by atoms with Crippen LogP contribution >= 0.6 is 0 Å². The summed E-state index contributed by atoms with van der Waals surface area (Å²) in [6, 6.07) is 0.568. The Hall–Kier alpha value is -2.46. The number of methoxy groups -OCH3 is 1. The smallest absolute Gasteiger partial charge is 0.491 e. The molecule has 1 aliphatic carbocycles. The van der Waals surface area contributed by atoms with E-state index in [-0.39, 0.29) is 16.9 Å². The summed E-state index contributed by atoms with van der Waals surface area (Å²) in [7, 11) is -1.26. The van der Waals surface area contributed by atoms with Crippen molar-refractivity contribution in [1.29, 1.82) is 0 Å². The van der Waals surface area contributed by atoms with Gasteiger partial charge in [0.05, 0.1) is 18.0 Å². The molecule has 0 spiro atoms. The van der Waals surface area contributed by atoms with Gasteiger partial charge >= 0.3 is 13.3 Å². The number of hydrogen-bond donors (Lipinski definition) is 2. The lowest BCUT2D eigenvalue weighted by molar-refractivity contribution is 0.0646. The summed E-state index contributed by atoms with van der Waals surface area (Å²) in [5, 5.41) is 17.2. The summed E-state index contributed by atoms with van der Waals surface area (Å²) in [5.41, 5.74) is -1.41. The van der Waals surface area contributed by atoms with Gasteiger partial charge in [-0.1, -0.05) is 0 Å². The third-order valence-corrected chi connectivity index (χ3v) is 3.74. The first-order valence-corrected chi connectivity index (χ1v) is 7.03. The van der Waals surface area contributed by atoms with Crippen LogP contribution in [0.15, 0.2) is 17.1 Å². The molecule has 1 aliphatic rings. The van der Waals surface area contributed by atoms with E-state index in [1.54, 1.807) is 0 Å². The Morgan fingerprint density at radius 2 is 2.04 bits per heavy atom. The monoisotopic (exact) mass is 339 g/mol. The molecule has 10 heteroatoms. The Morgan fingerprint density at radius 1 is 1.38 bits per heavy atom. The summed E-state index contributed by atoms with van der Waals surface area (Å²) in [5.74, 6) is -4.25. The molecule has 1 heterocycles. The molecule has 1 saturated carbocycles. The molecule has 1 aromatic heterocycles. The van der Waals surface area contributed by atoms with Crippen molar-refractivity contribution in [2.75, 3.05) is 7.11 Å². The average molecular weight is 339 g/mol. The second-order valence-corrected chi connectivity index (χ2v) is 5.34. The summed E-state index contributed by atoms with van der Waals surface area (Å²) in [6.45, 7) is 0. The molecule has 1 aromatic carbocycles. The van der Waals surface area contributed by atoms with Crippen molar-refractivity contribution < 1.29 is 33.0 Å². The van der Waals surface area contributed by atoms with E-state index in [0.29, 0.717) is 6.07 Å². The SMILES string of the molecule is COc1c(F)c(F)cc2c(=O)c(C(=O)OB(O)O)cn(C3CC3)c12. The Bertz CT molecular complexity index is 893. The summed E-state index contributed by atoms with van der Waals surface area (Å²) < 4.78 is 38.3. The Balaban J connectivity index is 2.35. The normalized spacial score (nSPS) is 13.9. The molecular weight excluding hydrogens is 327 g/mol. The van der Waals surface area contributed by atoms with E-state index in [1.165, 1.54) is 4.57 Å². The van der Waals surface area contributed by atoms with E-state index >= 15 is 0 Å². The fourth-order valence-corrected chi connectivity index (χ4v) is 2.56. The van der Waals surface area contributed by atoms with Gasteiger partial charge in [-0.05, 0) is 18.9 Å². The van der Waals surface area contributed by atoms with Crippen molar-refractivity contribution in [2.45, 2.75) is 18.9 Å². The van der Waals surface area contributed by atoms with Crippen molar-refractivity contribution in [1.82, 2.24) is 4.57 Å². The van der Waals surface area contributed by atoms with E-state index in [2.05, 4.69) is 4.65 Å². The topological polar surface area (TPSA) is 98.0 Å². The zero-order chi connectivity index (χ0) is 17.6. The maximum atomic E-state index is 14.0. The third-order valence-electron chi connectivity index (χ3n) is 3.74. The van der Waals surface area contributed by atoms with Crippen LogP contribution in [-0.2, 0) is 4.65 Å². The van der Waals surface area contributed by atoms with Crippen LogP contribution in [-0.4, -0.2) is 35.0 Å². The highest BCUT2D eigenvalue weighted by atomic mass is 19.2. The fourth-order valence-electron chi connectivity index (χ4n) is 2.56. The van der Waals surface area contributed by atoms with Gasteiger partial charge in [0.2, 0.25) is 11.2 Å². The van der Waals surface area contributed by atoms with Crippen LogP contribution in [0, 0.1) is 11.6 Å². The highest BCUT2D eigenvalue weighted by molar-refractivity contribution is 6.36. The zero-order valence-electron chi connectivity index (χ0n) is 12.5. The first-order valence-electron chi connectivity index (χ1n) is 7.03. The number of rotatable bonds is 4. The summed E-state index contributed by atoms with van der Waals surface area (Å²) in [4.78, 5) is 24.3. The number of pyridine rings is 1. The van der Waals surface area contributed by atoms with Crippen LogP contribution in [0.5, 0.6) is 5.75 Å². The molecule has 0 amide bonds. The van der Waals surface area contributed by atoms with Crippen molar-refractivity contribution in [3.05, 3.63) is 39.7 Å². The minimum Gasteiger partial charge on any atom is -0.491 e. The highest BCUT2D eigenvalue weighted by Crippen LogP contribution is 2.40. The largest absolute Gasteiger partial charge is 0.709 e. The molecule has 0 unspecified atom stereocenters. The van der Waals surface area contributed by atoms with E-state index in [1.807, 2.05) is 0 Å². The van der Waals surface area contributed by atoms with E-state index in [9.17, 15) is 18.4 Å². The van der Waals surface area contributed by atoms with Crippen molar-refractivity contribution in [2.24, 2.45) is 0 Å². The Kier molecular flexibility index (Phi) is 4.02. The van der Waals surface area contributed by atoms with Gasteiger partial charge in [-0.2, -0.15) is 4.39 Å². The molecule has 0 atom stereocenters. The minimum atomic E-state index is -2.40. The fraction of sp³-hybridized carbons (Fsp3) is 0.286. The van der Waals surface area contributed by atoms with E-state index in [4.69, 9.17) is 14.8 Å². The van der Waals surface area contributed by atoms with Crippen LogP contribution in [0.3, 0.4) is 0 Å². The Morgan fingerprint density at radius 3 is 2.58 bits per heavy atom. The van der Waals surface area contributed by atoms with Crippen LogP contribution in [0.1, 0.15) is 29.2 Å². The average Bonchev–Trinajstić information content (AvgIpc) is 3.34. The lowest BCUT2D eigenvalue weighted by Gasteiger charge is -2.16. The molecule has 2 aromatic rings. The van der Waals surface area contributed by atoms with Gasteiger partial charge in [-0.25, -0.2) is 9.18 Å². The quantitative estimate of drug-likeness (QED) is 0.798. The minimum absolute atomic E-state index is 0.0324. The maximum absolute atomic E-state index is 14.0. The second-order valence-electron chi connectivity index (χ2n) is 5.34. The highest BCUT2D eigenvalue weighted by Gasteiger charge is 2.31. The van der Waals surface area contributed by atoms with Crippen molar-refractivity contribution in [3.8, 4) is 5.75 Å². The number of aromatic nitrogens is 1. The Labute approximate surface area is 134 Å². The first-order chi connectivity index (χ1) is 11.3. The molecule has 0 bridgehead atoms. The number of ether oxygens (including phenoxy) is 1. The van der Waals surface area contributed by atoms with Crippen molar-refractivity contribution >= 4 is 24.2 Å². The molecule has 1 fully saturated rings. The van der Waals surface area contributed by atoms with Crippen LogP contribution in [0.2, 0.25) is 0 Å². The number of carbonyl (C=O) groups is 1. The molecule has 0 radical (unpaired) electrons. The van der Waals surface area contributed by atoms with Crippen LogP contribution < -0.4 is 10.2 Å². The number of halogens is 2. The van der Waals surface area contributed by atoms with Gasteiger partial charge < -0.3 is 24.0 Å². The third kappa shape index (κ3) is 2.63. The number of benzene rings is 1. The van der Waals surface area contributed by atoms with Crippen molar-refractivity contribution in [3.63, 3.8) is 0 Å². The molecular formula is C14H12BF2NO6.